The predicted octanol–water partition coefficient (Wildman–Crippen LogP) is 4.23. The molecule has 0 aliphatic heterocycles. The van der Waals surface area contributed by atoms with Crippen molar-refractivity contribution in [1.29, 1.82) is 0 Å². The monoisotopic (exact) mass is 402 g/mol. The van der Waals surface area contributed by atoms with Gasteiger partial charge in [-0.2, -0.15) is 5.10 Å². The molecule has 8 heteroatoms. The molecule has 1 N–H and O–H groups in total. The van der Waals surface area contributed by atoms with Crippen LogP contribution in [0.4, 0.5) is 0 Å². The van der Waals surface area contributed by atoms with Gasteiger partial charge in [0.05, 0.1) is 17.8 Å². The summed E-state index contributed by atoms with van der Waals surface area (Å²) in [6.07, 6.45) is 1.78. The molecule has 3 rings (SSSR count). The van der Waals surface area contributed by atoms with Crippen LogP contribution in [0.3, 0.4) is 0 Å². The first-order valence-electron chi connectivity index (χ1n) is 9.07. The molecule has 2 aromatic heterocycles. The van der Waals surface area contributed by atoms with E-state index >= 15 is 0 Å². The summed E-state index contributed by atoms with van der Waals surface area (Å²) < 4.78 is 12.9. The molecule has 3 aromatic rings. The van der Waals surface area contributed by atoms with Crippen LogP contribution in [0.15, 0.2) is 35.0 Å². The topological polar surface area (TPSA) is 82.2 Å². The number of carbonyl (C=O) groups excluding carboxylic acids is 1. The maximum Gasteiger partial charge on any atom is 0.274 e. The standard InChI is InChI=1S/C20H23ClN4O3/c1-5-25-13(3)17(10-22-25)12(2)23-20(26)19-18(14(4)28-24-19)11-27-16-8-6-7-15(21)9-16/h6-10,12H,5,11H2,1-4H3,(H,23,26). The Balaban J connectivity index is 1.72. The molecule has 0 bridgehead atoms. The fourth-order valence-corrected chi connectivity index (χ4v) is 3.18. The first-order valence-corrected chi connectivity index (χ1v) is 9.45. The molecule has 28 heavy (non-hydrogen) atoms. The summed E-state index contributed by atoms with van der Waals surface area (Å²) in [6, 6.07) is 6.85. The van der Waals surface area contributed by atoms with Gasteiger partial charge >= 0.3 is 0 Å². The fourth-order valence-electron chi connectivity index (χ4n) is 3.00. The van der Waals surface area contributed by atoms with Gasteiger partial charge in [0, 0.05) is 22.8 Å². The fraction of sp³-hybridized carbons (Fsp3) is 0.350. The van der Waals surface area contributed by atoms with Gasteiger partial charge in [0.25, 0.3) is 5.91 Å². The highest BCUT2D eigenvalue weighted by Crippen LogP contribution is 2.22. The molecule has 7 nitrogen and oxygen atoms in total. The zero-order valence-electron chi connectivity index (χ0n) is 16.3. The van der Waals surface area contributed by atoms with Crippen molar-refractivity contribution in [2.75, 3.05) is 0 Å². The second-order valence-electron chi connectivity index (χ2n) is 6.51. The molecule has 148 valence electrons. The molecule has 1 atom stereocenters. The van der Waals surface area contributed by atoms with Gasteiger partial charge in [-0.15, -0.1) is 0 Å². The lowest BCUT2D eigenvalue weighted by atomic mass is 10.1. The Kier molecular flexibility index (Phi) is 6.04. The van der Waals surface area contributed by atoms with Crippen molar-refractivity contribution >= 4 is 17.5 Å². The average molecular weight is 403 g/mol. The number of carbonyl (C=O) groups is 1. The lowest BCUT2D eigenvalue weighted by molar-refractivity contribution is 0.0928. The highest BCUT2D eigenvalue weighted by atomic mass is 35.5. The first-order chi connectivity index (χ1) is 13.4. The predicted molar refractivity (Wildman–Crippen MR) is 106 cm³/mol. The molecule has 0 aliphatic carbocycles. The number of hydrogen-bond donors (Lipinski definition) is 1. The molecule has 0 spiro atoms. The summed E-state index contributed by atoms with van der Waals surface area (Å²) in [6.45, 7) is 8.60. The third-order valence-corrected chi connectivity index (χ3v) is 4.87. The van der Waals surface area contributed by atoms with Crippen LogP contribution < -0.4 is 10.1 Å². The molecular weight excluding hydrogens is 380 g/mol. The summed E-state index contributed by atoms with van der Waals surface area (Å²) in [5.74, 6) is 0.822. The zero-order valence-corrected chi connectivity index (χ0v) is 17.1. The molecule has 0 fully saturated rings. The minimum Gasteiger partial charge on any atom is -0.489 e. The third kappa shape index (κ3) is 4.20. The smallest absolute Gasteiger partial charge is 0.274 e. The number of amides is 1. The van der Waals surface area contributed by atoms with Gasteiger partial charge in [0.15, 0.2) is 5.69 Å². The minimum absolute atomic E-state index is 0.152. The van der Waals surface area contributed by atoms with Crippen molar-refractivity contribution in [3.05, 3.63) is 63.8 Å². The summed E-state index contributed by atoms with van der Waals surface area (Å²) >= 11 is 5.98. The normalized spacial score (nSPS) is 12.0. The van der Waals surface area contributed by atoms with E-state index in [1.165, 1.54) is 0 Å². The van der Waals surface area contributed by atoms with Gasteiger partial charge in [-0.1, -0.05) is 22.8 Å². The highest BCUT2D eigenvalue weighted by molar-refractivity contribution is 6.30. The highest BCUT2D eigenvalue weighted by Gasteiger charge is 2.23. The Morgan fingerprint density at radius 2 is 2.18 bits per heavy atom. The van der Waals surface area contributed by atoms with Gasteiger partial charge < -0.3 is 14.6 Å². The van der Waals surface area contributed by atoms with Crippen LogP contribution in [-0.4, -0.2) is 20.8 Å². The molecule has 0 saturated heterocycles. The second-order valence-corrected chi connectivity index (χ2v) is 6.94. The van der Waals surface area contributed by atoms with Gasteiger partial charge in [0.1, 0.15) is 18.1 Å². The lowest BCUT2D eigenvalue weighted by Crippen LogP contribution is -2.28. The molecule has 1 aromatic carbocycles. The molecule has 2 heterocycles. The maximum atomic E-state index is 12.8. The van der Waals surface area contributed by atoms with Crippen LogP contribution >= 0.6 is 11.6 Å². The van der Waals surface area contributed by atoms with Crippen LogP contribution in [0.5, 0.6) is 5.75 Å². The summed E-state index contributed by atoms with van der Waals surface area (Å²) in [5.41, 5.74) is 2.81. The van der Waals surface area contributed by atoms with Crippen molar-refractivity contribution in [1.82, 2.24) is 20.3 Å². The van der Waals surface area contributed by atoms with Gasteiger partial charge in [-0.25, -0.2) is 0 Å². The SMILES string of the molecule is CCn1ncc(C(C)NC(=O)c2noc(C)c2COc2cccc(Cl)c2)c1C. The van der Waals surface area contributed by atoms with Crippen LogP contribution in [0.2, 0.25) is 5.02 Å². The van der Waals surface area contributed by atoms with E-state index in [-0.39, 0.29) is 24.2 Å². The van der Waals surface area contributed by atoms with E-state index in [0.29, 0.717) is 22.1 Å². The van der Waals surface area contributed by atoms with E-state index in [2.05, 4.69) is 15.6 Å². The molecule has 0 radical (unpaired) electrons. The average Bonchev–Trinajstić information content (AvgIpc) is 3.22. The van der Waals surface area contributed by atoms with E-state index in [0.717, 1.165) is 17.8 Å². The van der Waals surface area contributed by atoms with Gasteiger partial charge in [0.2, 0.25) is 0 Å². The first kappa shape index (κ1) is 19.9. The number of hydrogen-bond acceptors (Lipinski definition) is 5. The van der Waals surface area contributed by atoms with Crippen molar-refractivity contribution in [3.63, 3.8) is 0 Å². The van der Waals surface area contributed by atoms with Gasteiger partial charge in [-0.05, 0) is 45.9 Å². The molecule has 0 aliphatic rings. The number of ether oxygens (including phenoxy) is 1. The Labute approximate surface area is 168 Å². The maximum absolute atomic E-state index is 12.8. The largest absolute Gasteiger partial charge is 0.489 e. The van der Waals surface area contributed by atoms with E-state index in [1.807, 2.05) is 25.5 Å². The molecule has 1 unspecified atom stereocenters. The van der Waals surface area contributed by atoms with E-state index in [1.54, 1.807) is 37.4 Å². The lowest BCUT2D eigenvalue weighted by Gasteiger charge is -2.14. The number of benzene rings is 1. The number of halogens is 1. The van der Waals surface area contributed by atoms with E-state index < -0.39 is 0 Å². The number of aryl methyl sites for hydroxylation is 2. The van der Waals surface area contributed by atoms with Gasteiger partial charge in [-0.3, -0.25) is 9.48 Å². The zero-order chi connectivity index (χ0) is 20.3. The Bertz CT molecular complexity index is 980. The van der Waals surface area contributed by atoms with Crippen molar-refractivity contribution in [2.45, 2.75) is 46.9 Å². The molecular formula is C20H23ClN4O3. The Hall–Kier alpha value is -2.80. The summed E-state index contributed by atoms with van der Waals surface area (Å²) in [4.78, 5) is 12.8. The van der Waals surface area contributed by atoms with Crippen molar-refractivity contribution < 1.29 is 14.1 Å². The Morgan fingerprint density at radius 3 is 2.86 bits per heavy atom. The van der Waals surface area contributed by atoms with E-state index in [9.17, 15) is 4.79 Å². The number of aromatic nitrogens is 3. The van der Waals surface area contributed by atoms with E-state index in [4.69, 9.17) is 20.9 Å². The number of nitrogens with zero attached hydrogens (tertiary/aromatic N) is 3. The molecule has 1 amide bonds. The number of nitrogens with one attached hydrogen (secondary N) is 1. The molecule has 0 saturated carbocycles. The second kappa shape index (κ2) is 8.48. The Morgan fingerprint density at radius 1 is 1.39 bits per heavy atom. The number of rotatable bonds is 7. The van der Waals surface area contributed by atoms with Crippen molar-refractivity contribution in [2.24, 2.45) is 0 Å². The third-order valence-electron chi connectivity index (χ3n) is 4.63. The van der Waals surface area contributed by atoms with Crippen LogP contribution in [0.1, 0.15) is 53.0 Å². The van der Waals surface area contributed by atoms with Crippen LogP contribution in [0.25, 0.3) is 0 Å². The minimum atomic E-state index is -0.322. The summed E-state index contributed by atoms with van der Waals surface area (Å²) in [7, 11) is 0. The van der Waals surface area contributed by atoms with Crippen LogP contribution in [-0.2, 0) is 13.2 Å². The quantitative estimate of drug-likeness (QED) is 0.639. The summed E-state index contributed by atoms with van der Waals surface area (Å²) in [5, 5.41) is 11.8. The van der Waals surface area contributed by atoms with Crippen molar-refractivity contribution in [3.8, 4) is 5.75 Å². The van der Waals surface area contributed by atoms with Crippen LogP contribution in [0, 0.1) is 13.8 Å².